The molecule has 0 spiro atoms. The number of fused-ring (bicyclic) bond motifs is 1. The van der Waals surface area contributed by atoms with Crippen molar-refractivity contribution in [2.24, 2.45) is 0 Å². The van der Waals surface area contributed by atoms with Crippen LogP contribution in [-0.4, -0.2) is 22.0 Å². The number of benzene rings is 2. The molecule has 1 saturated carbocycles. The summed E-state index contributed by atoms with van der Waals surface area (Å²) >= 11 is 5.36. The number of H-pyrrole nitrogens is 1. The summed E-state index contributed by atoms with van der Waals surface area (Å²) in [6, 6.07) is 17.9. The predicted molar refractivity (Wildman–Crippen MR) is 127 cm³/mol. The molecule has 0 unspecified atom stereocenters. The number of hydrogen-bond donors (Lipinski definition) is 2. The zero-order chi connectivity index (χ0) is 21.7. The van der Waals surface area contributed by atoms with E-state index in [4.69, 9.17) is 12.2 Å². The standard InChI is InChI=1S/C25H29N3O2S/c29-22(26-18-25(15-9-16-25)19-10-3-1-4-11-19)14-5-2-8-17-28-23(30)20-12-6-7-13-21(20)27-24(28)31/h1,3-4,6-7,10-13H,2,5,8-9,14-18H2,(H,26,29)(H,27,31). The minimum absolute atomic E-state index is 0.0520. The fourth-order valence-corrected chi connectivity index (χ4v) is 4.74. The number of rotatable bonds is 9. The molecule has 0 atom stereocenters. The summed E-state index contributed by atoms with van der Waals surface area (Å²) in [5, 5.41) is 3.81. The SMILES string of the molecule is O=C(CCCCCn1c(=S)[nH]c2ccccc2c1=O)NCC1(c2ccccc2)CCC1. The fourth-order valence-electron chi connectivity index (χ4n) is 4.45. The second-order valence-electron chi connectivity index (χ2n) is 8.52. The van der Waals surface area contributed by atoms with Crippen LogP contribution in [0.5, 0.6) is 0 Å². The van der Waals surface area contributed by atoms with E-state index < -0.39 is 0 Å². The van der Waals surface area contributed by atoms with Gasteiger partial charge in [-0.2, -0.15) is 0 Å². The number of nitrogens with one attached hydrogen (secondary N) is 2. The van der Waals surface area contributed by atoms with Crippen LogP contribution in [-0.2, 0) is 16.8 Å². The highest BCUT2D eigenvalue weighted by atomic mass is 32.1. The number of carbonyl (C=O) groups excluding carboxylic acids is 1. The number of aromatic amines is 1. The van der Waals surface area contributed by atoms with Gasteiger partial charge in [-0.25, -0.2) is 0 Å². The molecule has 1 heterocycles. The number of hydrogen-bond acceptors (Lipinski definition) is 3. The van der Waals surface area contributed by atoms with Gasteiger partial charge in [-0.1, -0.05) is 55.3 Å². The average Bonchev–Trinajstić information content (AvgIpc) is 2.75. The van der Waals surface area contributed by atoms with Gasteiger partial charge in [-0.3, -0.25) is 14.2 Å². The van der Waals surface area contributed by atoms with Crippen molar-refractivity contribution in [3.8, 4) is 0 Å². The van der Waals surface area contributed by atoms with Crippen molar-refractivity contribution in [1.29, 1.82) is 0 Å². The maximum atomic E-state index is 12.7. The fraction of sp³-hybridized carbons (Fsp3) is 0.400. The van der Waals surface area contributed by atoms with E-state index in [1.54, 1.807) is 4.57 Å². The molecule has 0 saturated heterocycles. The van der Waals surface area contributed by atoms with Crippen molar-refractivity contribution < 1.29 is 4.79 Å². The molecular formula is C25H29N3O2S. The molecule has 162 valence electrons. The Morgan fingerprint density at radius 1 is 1.03 bits per heavy atom. The van der Waals surface area contributed by atoms with Crippen LogP contribution in [0.15, 0.2) is 59.4 Å². The molecule has 3 aromatic rings. The molecule has 1 aliphatic carbocycles. The van der Waals surface area contributed by atoms with Crippen LogP contribution in [0.1, 0.15) is 50.5 Å². The van der Waals surface area contributed by atoms with E-state index in [1.807, 2.05) is 30.3 Å². The number of carbonyl (C=O) groups is 1. The summed E-state index contributed by atoms with van der Waals surface area (Å²) in [5.41, 5.74) is 2.16. The van der Waals surface area contributed by atoms with Gasteiger partial charge >= 0.3 is 0 Å². The Morgan fingerprint density at radius 2 is 1.77 bits per heavy atom. The molecular weight excluding hydrogens is 406 g/mol. The molecule has 31 heavy (non-hydrogen) atoms. The summed E-state index contributed by atoms with van der Waals surface area (Å²) in [5.74, 6) is 0.113. The molecule has 1 fully saturated rings. The van der Waals surface area contributed by atoms with Crippen LogP contribution in [0.4, 0.5) is 0 Å². The normalized spacial score (nSPS) is 14.8. The largest absolute Gasteiger partial charge is 0.355 e. The van der Waals surface area contributed by atoms with Gasteiger partial charge in [0.25, 0.3) is 5.56 Å². The third-order valence-electron chi connectivity index (χ3n) is 6.50. The highest BCUT2D eigenvalue weighted by Gasteiger charge is 2.38. The van der Waals surface area contributed by atoms with Crippen LogP contribution in [0.2, 0.25) is 0 Å². The highest BCUT2D eigenvalue weighted by Crippen LogP contribution is 2.43. The van der Waals surface area contributed by atoms with Crippen molar-refractivity contribution in [2.75, 3.05) is 6.54 Å². The Bertz CT molecular complexity index is 1160. The Balaban J connectivity index is 1.23. The summed E-state index contributed by atoms with van der Waals surface area (Å²) in [6.45, 7) is 1.29. The van der Waals surface area contributed by atoms with E-state index in [0.29, 0.717) is 23.1 Å². The molecule has 2 N–H and O–H groups in total. The number of nitrogens with zero attached hydrogens (tertiary/aromatic N) is 1. The Morgan fingerprint density at radius 3 is 2.52 bits per heavy atom. The maximum Gasteiger partial charge on any atom is 0.262 e. The lowest BCUT2D eigenvalue weighted by molar-refractivity contribution is -0.121. The van der Waals surface area contributed by atoms with Crippen LogP contribution >= 0.6 is 12.2 Å². The zero-order valence-corrected chi connectivity index (χ0v) is 18.5. The summed E-state index contributed by atoms with van der Waals surface area (Å²) in [7, 11) is 0. The highest BCUT2D eigenvalue weighted by molar-refractivity contribution is 7.71. The quantitative estimate of drug-likeness (QED) is 0.373. The molecule has 1 amide bonds. The lowest BCUT2D eigenvalue weighted by Crippen LogP contribution is -2.45. The monoisotopic (exact) mass is 435 g/mol. The van der Waals surface area contributed by atoms with Crippen molar-refractivity contribution >= 4 is 29.0 Å². The Labute approximate surface area is 187 Å². The maximum absolute atomic E-state index is 12.7. The van der Waals surface area contributed by atoms with Crippen molar-refractivity contribution in [2.45, 2.75) is 56.9 Å². The molecule has 4 rings (SSSR count). The van der Waals surface area contributed by atoms with Crippen molar-refractivity contribution in [3.63, 3.8) is 0 Å². The molecule has 1 aromatic heterocycles. The second kappa shape index (κ2) is 9.60. The molecule has 0 radical (unpaired) electrons. The minimum Gasteiger partial charge on any atom is -0.355 e. The summed E-state index contributed by atoms with van der Waals surface area (Å²) < 4.78 is 2.07. The average molecular weight is 436 g/mol. The van der Waals surface area contributed by atoms with Gasteiger partial charge in [-0.15, -0.1) is 0 Å². The third kappa shape index (κ3) is 4.79. The second-order valence-corrected chi connectivity index (χ2v) is 8.91. The van der Waals surface area contributed by atoms with E-state index in [1.165, 1.54) is 12.0 Å². The zero-order valence-electron chi connectivity index (χ0n) is 17.7. The Kier molecular flexibility index (Phi) is 6.66. The molecule has 1 aliphatic rings. The van der Waals surface area contributed by atoms with E-state index >= 15 is 0 Å². The minimum atomic E-state index is -0.0520. The smallest absolute Gasteiger partial charge is 0.262 e. The number of unbranched alkanes of at least 4 members (excludes halogenated alkanes) is 2. The lowest BCUT2D eigenvalue weighted by Gasteiger charge is -2.42. The first-order valence-electron chi connectivity index (χ1n) is 11.1. The third-order valence-corrected chi connectivity index (χ3v) is 6.82. The molecule has 2 aromatic carbocycles. The number of aromatic nitrogens is 2. The van der Waals surface area contributed by atoms with Crippen molar-refractivity contribution in [1.82, 2.24) is 14.9 Å². The number of para-hydroxylation sites is 1. The summed E-state index contributed by atoms with van der Waals surface area (Å²) in [4.78, 5) is 28.2. The van der Waals surface area contributed by atoms with Crippen LogP contribution in [0.3, 0.4) is 0 Å². The van der Waals surface area contributed by atoms with Crippen LogP contribution in [0.25, 0.3) is 10.9 Å². The first-order chi connectivity index (χ1) is 15.1. The van der Waals surface area contributed by atoms with E-state index in [0.717, 1.165) is 44.2 Å². The van der Waals surface area contributed by atoms with Crippen LogP contribution in [0, 0.1) is 4.77 Å². The van der Waals surface area contributed by atoms with Gasteiger partial charge in [-0.05, 0) is 55.6 Å². The van der Waals surface area contributed by atoms with Gasteiger partial charge in [0.2, 0.25) is 5.91 Å². The lowest BCUT2D eigenvalue weighted by atomic mass is 9.64. The molecule has 5 nitrogen and oxygen atoms in total. The first-order valence-corrected chi connectivity index (χ1v) is 11.5. The Hall–Kier alpha value is -2.73. The van der Waals surface area contributed by atoms with Gasteiger partial charge in [0.05, 0.1) is 10.9 Å². The predicted octanol–water partition coefficient (Wildman–Crippen LogP) is 4.86. The van der Waals surface area contributed by atoms with Crippen molar-refractivity contribution in [3.05, 3.63) is 75.3 Å². The first kappa shape index (κ1) is 21.5. The van der Waals surface area contributed by atoms with Gasteiger partial charge < -0.3 is 10.3 Å². The van der Waals surface area contributed by atoms with Gasteiger partial charge in [0.1, 0.15) is 0 Å². The molecule has 0 aliphatic heterocycles. The van der Waals surface area contributed by atoms with Gasteiger partial charge in [0, 0.05) is 24.9 Å². The van der Waals surface area contributed by atoms with Crippen LogP contribution < -0.4 is 10.9 Å². The van der Waals surface area contributed by atoms with E-state index in [2.05, 4.69) is 34.6 Å². The molecule has 0 bridgehead atoms. The molecule has 6 heteroatoms. The van der Waals surface area contributed by atoms with E-state index in [-0.39, 0.29) is 16.9 Å². The topological polar surface area (TPSA) is 66.9 Å². The summed E-state index contributed by atoms with van der Waals surface area (Å²) in [6.07, 6.45) is 6.52. The van der Waals surface area contributed by atoms with E-state index in [9.17, 15) is 9.59 Å². The van der Waals surface area contributed by atoms with Gasteiger partial charge in [0.15, 0.2) is 4.77 Å². The number of amides is 1.